The van der Waals surface area contributed by atoms with E-state index in [-0.39, 0.29) is 18.4 Å². The van der Waals surface area contributed by atoms with Gasteiger partial charge in [0.25, 0.3) is 5.91 Å². The normalized spacial score (nSPS) is 15.1. The fraction of sp³-hybridized carbons (Fsp3) is 0.455. The molecule has 0 aliphatic carbocycles. The van der Waals surface area contributed by atoms with Gasteiger partial charge in [-0.2, -0.15) is 11.3 Å². The first-order valence-electron chi connectivity index (χ1n) is 5.35. The van der Waals surface area contributed by atoms with E-state index in [2.05, 4.69) is 5.32 Å². The average molecular weight is 238 g/mol. The molecule has 1 aliphatic heterocycles. The van der Waals surface area contributed by atoms with Crippen molar-refractivity contribution >= 4 is 23.2 Å². The molecule has 0 unspecified atom stereocenters. The van der Waals surface area contributed by atoms with Gasteiger partial charge < -0.3 is 10.2 Å². The molecule has 86 valence electrons. The topological polar surface area (TPSA) is 49.4 Å². The van der Waals surface area contributed by atoms with Crippen molar-refractivity contribution in [2.24, 2.45) is 0 Å². The zero-order valence-electron chi connectivity index (χ0n) is 8.94. The monoisotopic (exact) mass is 238 g/mol. The van der Waals surface area contributed by atoms with Crippen LogP contribution in [0.2, 0.25) is 0 Å². The lowest BCUT2D eigenvalue weighted by molar-refractivity contribution is -0.129. The first kappa shape index (κ1) is 11.1. The molecule has 1 aliphatic rings. The summed E-state index contributed by atoms with van der Waals surface area (Å²) < 4.78 is 0. The number of amides is 2. The van der Waals surface area contributed by atoms with Gasteiger partial charge in [0.05, 0.1) is 6.54 Å². The maximum absolute atomic E-state index is 11.6. The minimum Gasteiger partial charge on any atom is -0.343 e. The van der Waals surface area contributed by atoms with E-state index in [4.69, 9.17) is 0 Å². The van der Waals surface area contributed by atoms with E-state index in [1.807, 2.05) is 5.38 Å². The van der Waals surface area contributed by atoms with Crippen LogP contribution in [0.3, 0.4) is 0 Å². The van der Waals surface area contributed by atoms with Crippen LogP contribution in [0.4, 0.5) is 0 Å². The Labute approximate surface area is 98.3 Å². The van der Waals surface area contributed by atoms with E-state index in [1.165, 1.54) is 11.3 Å². The summed E-state index contributed by atoms with van der Waals surface area (Å²) in [5, 5.41) is 6.26. The lowest BCUT2D eigenvalue weighted by atomic mass is 10.3. The number of rotatable bonds is 3. The highest BCUT2D eigenvalue weighted by atomic mass is 32.1. The molecule has 0 saturated carbocycles. The summed E-state index contributed by atoms with van der Waals surface area (Å²) in [6.45, 7) is 1.76. The molecule has 5 heteroatoms. The van der Waals surface area contributed by atoms with Crippen LogP contribution in [-0.4, -0.2) is 36.3 Å². The van der Waals surface area contributed by atoms with Crippen molar-refractivity contribution in [1.82, 2.24) is 10.2 Å². The van der Waals surface area contributed by atoms with Crippen molar-refractivity contribution in [3.8, 4) is 0 Å². The molecular weight excluding hydrogens is 224 g/mol. The van der Waals surface area contributed by atoms with Crippen LogP contribution in [0.25, 0.3) is 0 Å². The minimum absolute atomic E-state index is 0.0149. The quantitative estimate of drug-likeness (QED) is 0.857. The molecule has 2 amide bonds. The Morgan fingerprint density at radius 1 is 1.38 bits per heavy atom. The van der Waals surface area contributed by atoms with E-state index >= 15 is 0 Å². The first-order valence-corrected chi connectivity index (χ1v) is 6.30. The fourth-order valence-electron chi connectivity index (χ4n) is 1.73. The number of nitrogens with zero attached hydrogens (tertiary/aromatic N) is 1. The largest absolute Gasteiger partial charge is 0.343 e. The Balaban J connectivity index is 1.79. The van der Waals surface area contributed by atoms with Crippen molar-refractivity contribution in [1.29, 1.82) is 0 Å². The Hall–Kier alpha value is -1.36. The second-order valence-corrected chi connectivity index (χ2v) is 4.56. The highest BCUT2D eigenvalue weighted by Gasteiger charge is 2.18. The molecule has 1 aromatic rings. The van der Waals surface area contributed by atoms with Crippen molar-refractivity contribution < 1.29 is 9.59 Å². The molecule has 1 fully saturated rings. The van der Waals surface area contributed by atoms with Crippen molar-refractivity contribution in [3.05, 3.63) is 22.4 Å². The summed E-state index contributed by atoms with van der Waals surface area (Å²) in [5.74, 6) is -0.158. The summed E-state index contributed by atoms with van der Waals surface area (Å²) in [5.41, 5.74) is 0.624. The molecule has 2 rings (SSSR count). The van der Waals surface area contributed by atoms with E-state index in [0.29, 0.717) is 5.56 Å². The Morgan fingerprint density at radius 3 is 2.75 bits per heavy atom. The third-order valence-electron chi connectivity index (χ3n) is 2.64. The van der Waals surface area contributed by atoms with Crippen LogP contribution in [0, 0.1) is 0 Å². The van der Waals surface area contributed by atoms with Gasteiger partial charge in [0.2, 0.25) is 5.91 Å². The van der Waals surface area contributed by atoms with Crippen LogP contribution in [0.15, 0.2) is 16.8 Å². The van der Waals surface area contributed by atoms with Gasteiger partial charge in [-0.1, -0.05) is 0 Å². The van der Waals surface area contributed by atoms with Crippen LogP contribution >= 0.6 is 11.3 Å². The zero-order chi connectivity index (χ0) is 11.4. The third-order valence-corrected chi connectivity index (χ3v) is 3.33. The van der Waals surface area contributed by atoms with Gasteiger partial charge in [-0.3, -0.25) is 9.59 Å². The Kier molecular flexibility index (Phi) is 3.56. The second-order valence-electron chi connectivity index (χ2n) is 3.78. The molecule has 0 spiro atoms. The molecule has 0 aromatic carbocycles. The molecule has 1 N–H and O–H groups in total. The number of nitrogens with one attached hydrogen (secondary N) is 1. The van der Waals surface area contributed by atoms with Crippen LogP contribution < -0.4 is 5.32 Å². The van der Waals surface area contributed by atoms with Gasteiger partial charge in [0.1, 0.15) is 0 Å². The predicted octanol–water partition coefficient (Wildman–Crippen LogP) is 1.10. The average Bonchev–Trinajstić information content (AvgIpc) is 2.95. The highest BCUT2D eigenvalue weighted by molar-refractivity contribution is 7.08. The molecule has 0 atom stereocenters. The van der Waals surface area contributed by atoms with Gasteiger partial charge in [0.15, 0.2) is 0 Å². The number of hydrogen-bond donors (Lipinski definition) is 1. The van der Waals surface area contributed by atoms with Crippen molar-refractivity contribution in [2.75, 3.05) is 19.6 Å². The summed E-state index contributed by atoms with van der Waals surface area (Å²) in [7, 11) is 0. The smallest absolute Gasteiger partial charge is 0.252 e. The number of carbonyl (C=O) groups is 2. The number of likely N-dealkylation sites (tertiary alicyclic amines) is 1. The fourth-order valence-corrected chi connectivity index (χ4v) is 2.37. The molecule has 0 radical (unpaired) electrons. The molecule has 1 saturated heterocycles. The molecular formula is C11H14N2O2S. The van der Waals surface area contributed by atoms with Gasteiger partial charge in [-0.25, -0.2) is 0 Å². The van der Waals surface area contributed by atoms with E-state index in [1.54, 1.807) is 16.3 Å². The summed E-state index contributed by atoms with van der Waals surface area (Å²) >= 11 is 1.47. The number of hydrogen-bond acceptors (Lipinski definition) is 3. The van der Waals surface area contributed by atoms with Gasteiger partial charge in [-0.15, -0.1) is 0 Å². The highest BCUT2D eigenvalue weighted by Crippen LogP contribution is 2.07. The van der Waals surface area contributed by atoms with E-state index in [9.17, 15) is 9.59 Å². The van der Waals surface area contributed by atoms with Gasteiger partial charge in [0, 0.05) is 24.0 Å². The van der Waals surface area contributed by atoms with Gasteiger partial charge >= 0.3 is 0 Å². The van der Waals surface area contributed by atoms with Crippen LogP contribution in [0.5, 0.6) is 0 Å². The first-order chi connectivity index (χ1) is 7.77. The molecule has 4 nitrogen and oxygen atoms in total. The lowest BCUT2D eigenvalue weighted by Crippen LogP contribution is -2.38. The molecule has 1 aromatic heterocycles. The third kappa shape index (κ3) is 2.61. The number of thiophene rings is 1. The SMILES string of the molecule is O=C(NCC(=O)N1CCCC1)c1ccsc1. The van der Waals surface area contributed by atoms with Gasteiger partial charge in [-0.05, 0) is 24.3 Å². The molecule has 16 heavy (non-hydrogen) atoms. The van der Waals surface area contributed by atoms with Crippen molar-refractivity contribution in [3.63, 3.8) is 0 Å². The molecule has 0 bridgehead atoms. The zero-order valence-corrected chi connectivity index (χ0v) is 9.76. The summed E-state index contributed by atoms with van der Waals surface area (Å²) in [6, 6.07) is 1.75. The van der Waals surface area contributed by atoms with Crippen molar-refractivity contribution in [2.45, 2.75) is 12.8 Å². The van der Waals surface area contributed by atoms with Crippen LogP contribution in [0.1, 0.15) is 23.2 Å². The Bertz CT molecular complexity index is 369. The maximum atomic E-state index is 11.6. The molecule has 2 heterocycles. The maximum Gasteiger partial charge on any atom is 0.252 e. The summed E-state index contributed by atoms with van der Waals surface area (Å²) in [4.78, 5) is 25.0. The second kappa shape index (κ2) is 5.12. The van der Waals surface area contributed by atoms with Crippen LogP contribution in [-0.2, 0) is 4.79 Å². The van der Waals surface area contributed by atoms with E-state index in [0.717, 1.165) is 25.9 Å². The number of carbonyl (C=O) groups excluding carboxylic acids is 2. The standard InChI is InChI=1S/C11H14N2O2S/c14-10(13-4-1-2-5-13)7-12-11(15)9-3-6-16-8-9/h3,6,8H,1-2,4-5,7H2,(H,12,15). The Morgan fingerprint density at radius 2 is 2.12 bits per heavy atom. The predicted molar refractivity (Wildman–Crippen MR) is 62.5 cm³/mol. The van der Waals surface area contributed by atoms with E-state index < -0.39 is 0 Å². The lowest BCUT2D eigenvalue weighted by Gasteiger charge is -2.15. The minimum atomic E-state index is -0.172. The summed E-state index contributed by atoms with van der Waals surface area (Å²) in [6.07, 6.45) is 2.15.